The zero-order valence-electron chi connectivity index (χ0n) is 27.4. The minimum absolute atomic E-state index is 1.11. The van der Waals surface area contributed by atoms with Crippen LogP contribution in [0.15, 0.2) is 102 Å². The summed E-state index contributed by atoms with van der Waals surface area (Å²) in [6.45, 7) is 4.58. The largest absolute Gasteiger partial charge is 0.310 e. The Morgan fingerprint density at radius 1 is 0.477 bits per heavy atom. The molecule has 4 aromatic rings. The molecule has 0 spiro atoms. The third kappa shape index (κ3) is 11.0. The number of aryl methyl sites for hydroxylation is 2. The molecule has 0 N–H and O–H groups in total. The topological polar surface area (TPSA) is 3.24 Å². The van der Waals surface area contributed by atoms with E-state index in [1.54, 1.807) is 0 Å². The first kappa shape index (κ1) is 34.0. The van der Waals surface area contributed by atoms with Gasteiger partial charge in [0.15, 0.2) is 0 Å². The molecule has 0 aromatic heterocycles. The fourth-order valence-electron chi connectivity index (χ4n) is 6.18. The third-order valence-corrected chi connectivity index (χ3v) is 9.33. The molecule has 0 amide bonds. The van der Waals surface area contributed by atoms with Crippen molar-refractivity contribution in [3.8, 4) is 11.1 Å². The van der Waals surface area contributed by atoms with Crippen molar-refractivity contribution in [3.05, 3.63) is 113 Å². The molecule has 0 aliphatic carbocycles. The standard InChI is InChI=1S/C42H54BrN/c1-3-5-7-9-11-13-16-20-35-24-31-40(32-25-35)44(39-22-18-15-19-23-39)42-33-26-36(21-17-14-12-10-8-6-4-2)34-41(42)37-27-29-38(43)30-28-37/h15,18-19,22-34H,3-14,16-17,20-21H2,1-2H3. The second-order valence-electron chi connectivity index (χ2n) is 12.4. The van der Waals surface area contributed by atoms with Crippen molar-refractivity contribution in [3.63, 3.8) is 0 Å². The van der Waals surface area contributed by atoms with Gasteiger partial charge < -0.3 is 4.90 Å². The third-order valence-electron chi connectivity index (χ3n) is 8.80. The molecule has 0 bridgehead atoms. The van der Waals surface area contributed by atoms with Gasteiger partial charge in [0.2, 0.25) is 0 Å². The minimum Gasteiger partial charge on any atom is -0.310 e. The van der Waals surface area contributed by atoms with Crippen molar-refractivity contribution in [2.45, 2.75) is 117 Å². The fourth-order valence-corrected chi connectivity index (χ4v) is 6.45. The molecular formula is C42H54BrN. The van der Waals surface area contributed by atoms with Crippen LogP contribution < -0.4 is 4.90 Å². The summed E-state index contributed by atoms with van der Waals surface area (Å²) >= 11 is 3.65. The summed E-state index contributed by atoms with van der Waals surface area (Å²) in [4.78, 5) is 2.44. The lowest BCUT2D eigenvalue weighted by molar-refractivity contribution is 0.589. The van der Waals surface area contributed by atoms with E-state index in [1.165, 1.54) is 129 Å². The van der Waals surface area contributed by atoms with E-state index in [4.69, 9.17) is 0 Å². The molecule has 0 saturated carbocycles. The molecule has 0 aliphatic rings. The van der Waals surface area contributed by atoms with E-state index in [1.807, 2.05) is 0 Å². The maximum absolute atomic E-state index is 3.65. The molecule has 0 atom stereocenters. The number of anilines is 3. The Morgan fingerprint density at radius 2 is 0.977 bits per heavy atom. The number of halogens is 1. The molecule has 0 aliphatic heterocycles. The van der Waals surface area contributed by atoms with Crippen molar-refractivity contribution in [2.75, 3.05) is 4.90 Å². The number of benzene rings is 4. The van der Waals surface area contributed by atoms with Crippen LogP contribution in [0, 0.1) is 0 Å². The number of hydrogen-bond acceptors (Lipinski definition) is 1. The summed E-state index contributed by atoms with van der Waals surface area (Å²) in [5.41, 5.74) is 9.02. The van der Waals surface area contributed by atoms with E-state index in [2.05, 4.69) is 132 Å². The van der Waals surface area contributed by atoms with Crippen molar-refractivity contribution in [1.29, 1.82) is 0 Å². The molecule has 0 saturated heterocycles. The van der Waals surface area contributed by atoms with Crippen molar-refractivity contribution >= 4 is 33.0 Å². The van der Waals surface area contributed by atoms with Crippen LogP contribution >= 0.6 is 15.9 Å². The Morgan fingerprint density at radius 3 is 1.57 bits per heavy atom. The van der Waals surface area contributed by atoms with Crippen LogP contribution in [0.3, 0.4) is 0 Å². The Kier molecular flexibility index (Phi) is 15.1. The second kappa shape index (κ2) is 19.5. The SMILES string of the molecule is CCCCCCCCCc1ccc(N(c2ccccc2)c2ccc(CCCCCCCCC)cc2-c2ccc(Br)cc2)cc1. The monoisotopic (exact) mass is 651 g/mol. The van der Waals surface area contributed by atoms with Gasteiger partial charge in [-0.2, -0.15) is 0 Å². The maximum atomic E-state index is 3.65. The summed E-state index contributed by atoms with van der Waals surface area (Å²) < 4.78 is 1.11. The van der Waals surface area contributed by atoms with Gasteiger partial charge in [-0.05, 0) is 90.9 Å². The molecule has 4 aromatic carbocycles. The van der Waals surface area contributed by atoms with E-state index in [9.17, 15) is 0 Å². The first-order valence-electron chi connectivity index (χ1n) is 17.5. The Hall–Kier alpha value is -2.84. The van der Waals surface area contributed by atoms with Crippen molar-refractivity contribution < 1.29 is 0 Å². The van der Waals surface area contributed by atoms with E-state index < -0.39 is 0 Å². The molecule has 44 heavy (non-hydrogen) atoms. The molecule has 0 unspecified atom stereocenters. The highest BCUT2D eigenvalue weighted by Gasteiger charge is 2.18. The van der Waals surface area contributed by atoms with E-state index in [-0.39, 0.29) is 0 Å². The minimum atomic E-state index is 1.11. The lowest BCUT2D eigenvalue weighted by Gasteiger charge is -2.28. The molecule has 0 radical (unpaired) electrons. The van der Waals surface area contributed by atoms with Gasteiger partial charge in [-0.3, -0.25) is 0 Å². The highest BCUT2D eigenvalue weighted by Crippen LogP contribution is 2.41. The van der Waals surface area contributed by atoms with Gasteiger partial charge in [0, 0.05) is 21.4 Å². The number of rotatable bonds is 20. The van der Waals surface area contributed by atoms with Crippen molar-refractivity contribution in [1.82, 2.24) is 0 Å². The summed E-state index contributed by atoms with van der Waals surface area (Å²) in [6.07, 6.45) is 21.1. The van der Waals surface area contributed by atoms with Gasteiger partial charge in [0.25, 0.3) is 0 Å². The summed E-state index contributed by atoms with van der Waals surface area (Å²) in [7, 11) is 0. The summed E-state index contributed by atoms with van der Waals surface area (Å²) in [6, 6.07) is 36.1. The zero-order valence-corrected chi connectivity index (χ0v) is 29.0. The van der Waals surface area contributed by atoms with E-state index in [0.717, 1.165) is 17.3 Å². The molecule has 4 rings (SSSR count). The smallest absolute Gasteiger partial charge is 0.0540 e. The van der Waals surface area contributed by atoms with Crippen LogP contribution in [0.5, 0.6) is 0 Å². The summed E-state index contributed by atoms with van der Waals surface area (Å²) in [5, 5.41) is 0. The Bertz CT molecular complexity index is 1330. The van der Waals surface area contributed by atoms with Gasteiger partial charge in [-0.15, -0.1) is 0 Å². The first-order valence-corrected chi connectivity index (χ1v) is 18.3. The number of unbranched alkanes of at least 4 members (excludes halogenated alkanes) is 12. The first-order chi connectivity index (χ1) is 21.7. The van der Waals surface area contributed by atoms with E-state index >= 15 is 0 Å². The van der Waals surface area contributed by atoms with Crippen LogP contribution in [0.4, 0.5) is 17.1 Å². The average molecular weight is 653 g/mol. The van der Waals surface area contributed by atoms with Crippen LogP contribution in [0.25, 0.3) is 11.1 Å². The van der Waals surface area contributed by atoms with Crippen LogP contribution in [-0.4, -0.2) is 0 Å². The lowest BCUT2D eigenvalue weighted by Crippen LogP contribution is -2.11. The van der Waals surface area contributed by atoms with Gasteiger partial charge in [0.1, 0.15) is 0 Å². The maximum Gasteiger partial charge on any atom is 0.0540 e. The Labute approximate surface area is 277 Å². The van der Waals surface area contributed by atoms with Gasteiger partial charge in [-0.1, -0.05) is 155 Å². The fraction of sp³-hybridized carbons (Fsp3) is 0.429. The normalized spacial score (nSPS) is 11.2. The van der Waals surface area contributed by atoms with Crippen LogP contribution in [-0.2, 0) is 12.8 Å². The van der Waals surface area contributed by atoms with Crippen molar-refractivity contribution in [2.24, 2.45) is 0 Å². The predicted molar refractivity (Wildman–Crippen MR) is 198 cm³/mol. The second-order valence-corrected chi connectivity index (χ2v) is 13.4. The van der Waals surface area contributed by atoms with Gasteiger partial charge >= 0.3 is 0 Å². The van der Waals surface area contributed by atoms with Gasteiger partial charge in [-0.25, -0.2) is 0 Å². The molecule has 2 heteroatoms. The lowest BCUT2D eigenvalue weighted by atomic mass is 9.96. The highest BCUT2D eigenvalue weighted by atomic mass is 79.9. The molecule has 234 valence electrons. The predicted octanol–water partition coefficient (Wildman–Crippen LogP) is 14.2. The highest BCUT2D eigenvalue weighted by molar-refractivity contribution is 9.10. The average Bonchev–Trinajstić information content (AvgIpc) is 3.06. The molecule has 0 heterocycles. The van der Waals surface area contributed by atoms with E-state index in [0.29, 0.717) is 0 Å². The zero-order chi connectivity index (χ0) is 30.8. The molecular weight excluding hydrogens is 598 g/mol. The summed E-state index contributed by atoms with van der Waals surface area (Å²) in [5.74, 6) is 0. The molecule has 0 fully saturated rings. The number of hydrogen-bond donors (Lipinski definition) is 0. The van der Waals surface area contributed by atoms with Crippen LogP contribution in [0.1, 0.15) is 115 Å². The van der Waals surface area contributed by atoms with Gasteiger partial charge in [0.05, 0.1) is 5.69 Å². The Balaban J connectivity index is 1.56. The number of nitrogens with zero attached hydrogens (tertiary/aromatic N) is 1. The molecule has 1 nitrogen and oxygen atoms in total. The van der Waals surface area contributed by atoms with Crippen LogP contribution in [0.2, 0.25) is 0 Å². The quantitative estimate of drug-likeness (QED) is 0.0859. The number of para-hydroxylation sites is 1.